The fourth-order valence-electron chi connectivity index (χ4n) is 2.39. The van der Waals surface area contributed by atoms with Gasteiger partial charge in [0.15, 0.2) is 0 Å². The Hall–Kier alpha value is -0.850. The van der Waals surface area contributed by atoms with Crippen LogP contribution in [-0.4, -0.2) is 4.98 Å². The summed E-state index contributed by atoms with van der Waals surface area (Å²) in [5.74, 6) is 0. The highest BCUT2D eigenvalue weighted by molar-refractivity contribution is 5.24. The Labute approximate surface area is 107 Å². The van der Waals surface area contributed by atoms with Crippen LogP contribution in [0.1, 0.15) is 70.6 Å². The monoisotopic (exact) mass is 233 g/mol. The zero-order valence-electron chi connectivity index (χ0n) is 11.9. The predicted molar refractivity (Wildman–Crippen MR) is 75.4 cm³/mol. The second-order valence-electron chi connectivity index (χ2n) is 5.41. The van der Waals surface area contributed by atoms with Gasteiger partial charge in [0, 0.05) is 11.9 Å². The Morgan fingerprint density at radius 1 is 1.18 bits per heavy atom. The van der Waals surface area contributed by atoms with Gasteiger partial charge in [-0.05, 0) is 42.9 Å². The summed E-state index contributed by atoms with van der Waals surface area (Å²) in [4.78, 5) is 4.30. The van der Waals surface area contributed by atoms with Gasteiger partial charge in [-0.15, -0.1) is 0 Å². The Morgan fingerprint density at radius 2 is 1.94 bits per heavy atom. The minimum atomic E-state index is 0.335. The molecule has 0 aliphatic carbocycles. The summed E-state index contributed by atoms with van der Waals surface area (Å²) < 4.78 is 0. The lowest BCUT2D eigenvalue weighted by atomic mass is 9.76. The van der Waals surface area contributed by atoms with Gasteiger partial charge in [0.1, 0.15) is 0 Å². The summed E-state index contributed by atoms with van der Waals surface area (Å²) in [6, 6.07) is 4.44. The lowest BCUT2D eigenvalue weighted by Crippen LogP contribution is -2.21. The minimum absolute atomic E-state index is 0.335. The molecule has 1 unspecified atom stereocenters. The topological polar surface area (TPSA) is 12.9 Å². The Bertz CT molecular complexity index is 332. The van der Waals surface area contributed by atoms with Gasteiger partial charge in [-0.2, -0.15) is 0 Å². The van der Waals surface area contributed by atoms with Crippen molar-refractivity contribution in [3.05, 3.63) is 29.6 Å². The highest BCUT2D eigenvalue weighted by Crippen LogP contribution is 2.33. The quantitative estimate of drug-likeness (QED) is 0.602. The van der Waals surface area contributed by atoms with Crippen molar-refractivity contribution in [3.8, 4) is 0 Å². The molecule has 1 atom stereocenters. The van der Waals surface area contributed by atoms with Gasteiger partial charge in [0.25, 0.3) is 0 Å². The van der Waals surface area contributed by atoms with Gasteiger partial charge in [-0.1, -0.05) is 46.5 Å². The van der Waals surface area contributed by atoms with Crippen LogP contribution in [-0.2, 0) is 5.41 Å². The Balaban J connectivity index is 2.67. The summed E-state index contributed by atoms with van der Waals surface area (Å²) in [7, 11) is 0. The molecular weight excluding hydrogens is 206 g/mol. The largest absolute Gasteiger partial charge is 0.262 e. The molecule has 0 aliphatic heterocycles. The molecule has 1 heteroatoms. The fraction of sp³-hybridized carbons (Fsp3) is 0.688. The van der Waals surface area contributed by atoms with Crippen LogP contribution in [0.3, 0.4) is 0 Å². The van der Waals surface area contributed by atoms with E-state index in [1.807, 2.05) is 6.20 Å². The van der Waals surface area contributed by atoms with Gasteiger partial charge < -0.3 is 0 Å². The number of aryl methyl sites for hydroxylation is 1. The number of hydrogen-bond donors (Lipinski definition) is 0. The molecule has 1 aromatic rings. The standard InChI is InChI=1S/C16H27N/c1-5-7-8-9-11-16(4,6-2)15-10-12-17-14(3)13-15/h10,12-13H,5-9,11H2,1-4H3. The van der Waals surface area contributed by atoms with Crippen molar-refractivity contribution in [3.63, 3.8) is 0 Å². The highest BCUT2D eigenvalue weighted by Gasteiger charge is 2.23. The van der Waals surface area contributed by atoms with Crippen LogP contribution < -0.4 is 0 Å². The van der Waals surface area contributed by atoms with Crippen molar-refractivity contribution >= 4 is 0 Å². The molecule has 1 rings (SSSR count). The van der Waals surface area contributed by atoms with E-state index in [2.05, 4.69) is 44.8 Å². The van der Waals surface area contributed by atoms with Gasteiger partial charge in [-0.3, -0.25) is 4.98 Å². The zero-order valence-corrected chi connectivity index (χ0v) is 11.9. The molecule has 0 amide bonds. The third-order valence-electron chi connectivity index (χ3n) is 3.96. The summed E-state index contributed by atoms with van der Waals surface area (Å²) in [5, 5.41) is 0. The van der Waals surface area contributed by atoms with E-state index in [0.29, 0.717) is 5.41 Å². The van der Waals surface area contributed by atoms with Crippen LogP contribution in [0.15, 0.2) is 18.3 Å². The summed E-state index contributed by atoms with van der Waals surface area (Å²) >= 11 is 0. The minimum Gasteiger partial charge on any atom is -0.262 e. The molecule has 96 valence electrons. The van der Waals surface area contributed by atoms with Crippen LogP contribution >= 0.6 is 0 Å². The molecule has 0 radical (unpaired) electrons. The van der Waals surface area contributed by atoms with E-state index in [-0.39, 0.29) is 0 Å². The van der Waals surface area contributed by atoms with Gasteiger partial charge in [0.2, 0.25) is 0 Å². The van der Waals surface area contributed by atoms with Crippen molar-refractivity contribution in [2.24, 2.45) is 0 Å². The highest BCUT2D eigenvalue weighted by atomic mass is 14.6. The van der Waals surface area contributed by atoms with Gasteiger partial charge >= 0.3 is 0 Å². The lowest BCUT2D eigenvalue weighted by Gasteiger charge is -2.29. The van der Waals surface area contributed by atoms with Crippen molar-refractivity contribution in [2.75, 3.05) is 0 Å². The van der Waals surface area contributed by atoms with Crippen LogP contribution in [0.2, 0.25) is 0 Å². The molecular formula is C16H27N. The molecule has 1 nitrogen and oxygen atoms in total. The Kier molecular flexibility index (Phi) is 5.67. The first-order valence-electron chi connectivity index (χ1n) is 7.05. The number of aromatic nitrogens is 1. The van der Waals surface area contributed by atoms with Crippen LogP contribution in [0, 0.1) is 6.92 Å². The molecule has 17 heavy (non-hydrogen) atoms. The van der Waals surface area contributed by atoms with Gasteiger partial charge in [-0.25, -0.2) is 0 Å². The molecule has 0 bridgehead atoms. The van der Waals surface area contributed by atoms with Gasteiger partial charge in [0.05, 0.1) is 0 Å². The Morgan fingerprint density at radius 3 is 2.53 bits per heavy atom. The molecule has 1 aromatic heterocycles. The first-order chi connectivity index (χ1) is 8.12. The smallest absolute Gasteiger partial charge is 0.0375 e. The summed E-state index contributed by atoms with van der Waals surface area (Å²) in [5.41, 5.74) is 2.93. The van der Waals surface area contributed by atoms with Crippen LogP contribution in [0.25, 0.3) is 0 Å². The van der Waals surface area contributed by atoms with E-state index in [4.69, 9.17) is 0 Å². The first kappa shape index (κ1) is 14.2. The zero-order chi connectivity index (χ0) is 12.7. The number of nitrogens with zero attached hydrogens (tertiary/aromatic N) is 1. The molecule has 0 spiro atoms. The third kappa shape index (κ3) is 4.14. The average molecular weight is 233 g/mol. The van der Waals surface area contributed by atoms with Crippen molar-refractivity contribution < 1.29 is 0 Å². The molecule has 0 aliphatic rings. The maximum Gasteiger partial charge on any atom is 0.0375 e. The van der Waals surface area contributed by atoms with Crippen LogP contribution in [0.4, 0.5) is 0 Å². The van der Waals surface area contributed by atoms with Crippen molar-refractivity contribution in [2.45, 2.75) is 71.6 Å². The summed E-state index contributed by atoms with van der Waals surface area (Å²) in [6.07, 6.45) is 9.86. The second kappa shape index (κ2) is 6.78. The summed E-state index contributed by atoms with van der Waals surface area (Å²) in [6.45, 7) is 9.05. The van der Waals surface area contributed by atoms with Crippen LogP contribution in [0.5, 0.6) is 0 Å². The predicted octanol–water partition coefficient (Wildman–Crippen LogP) is 5.03. The van der Waals surface area contributed by atoms with E-state index in [0.717, 1.165) is 5.69 Å². The lowest BCUT2D eigenvalue weighted by molar-refractivity contribution is 0.395. The number of rotatable bonds is 7. The first-order valence-corrected chi connectivity index (χ1v) is 7.05. The molecule has 0 saturated heterocycles. The second-order valence-corrected chi connectivity index (χ2v) is 5.41. The van der Waals surface area contributed by atoms with E-state index in [9.17, 15) is 0 Å². The van der Waals surface area contributed by atoms with E-state index in [1.54, 1.807) is 0 Å². The van der Waals surface area contributed by atoms with E-state index in [1.165, 1.54) is 44.1 Å². The average Bonchev–Trinajstić information content (AvgIpc) is 2.34. The molecule has 0 N–H and O–H groups in total. The maximum atomic E-state index is 4.30. The van der Waals surface area contributed by atoms with Crippen molar-refractivity contribution in [1.82, 2.24) is 4.98 Å². The number of unbranched alkanes of at least 4 members (excludes halogenated alkanes) is 3. The SMILES string of the molecule is CCCCCCC(C)(CC)c1ccnc(C)c1. The fourth-order valence-corrected chi connectivity index (χ4v) is 2.39. The molecule has 0 fully saturated rings. The normalized spacial score (nSPS) is 14.6. The van der Waals surface area contributed by atoms with E-state index >= 15 is 0 Å². The molecule has 0 saturated carbocycles. The number of hydrogen-bond acceptors (Lipinski definition) is 1. The molecule has 1 heterocycles. The maximum absolute atomic E-state index is 4.30. The van der Waals surface area contributed by atoms with E-state index < -0.39 is 0 Å². The third-order valence-corrected chi connectivity index (χ3v) is 3.96. The molecule has 0 aromatic carbocycles. The number of pyridine rings is 1. The van der Waals surface area contributed by atoms with Crippen molar-refractivity contribution in [1.29, 1.82) is 0 Å².